The summed E-state index contributed by atoms with van der Waals surface area (Å²) in [5.41, 5.74) is 0.0963. The van der Waals surface area contributed by atoms with E-state index in [1.165, 1.54) is 4.90 Å². The highest BCUT2D eigenvalue weighted by Gasteiger charge is 2.28. The van der Waals surface area contributed by atoms with Crippen LogP contribution >= 0.6 is 11.6 Å². The number of halogens is 1. The fraction of sp³-hybridized carbons (Fsp3) is 0.435. The molecule has 166 valence electrons. The normalized spacial score (nSPS) is 12.3. The number of carbonyl (C=O) groups is 2. The first-order valence-corrected chi connectivity index (χ1v) is 10.4. The van der Waals surface area contributed by atoms with Crippen LogP contribution in [0, 0.1) is 0 Å². The molecule has 2 heterocycles. The molecule has 0 aliphatic rings. The van der Waals surface area contributed by atoms with Crippen LogP contribution in [0.3, 0.4) is 0 Å². The Morgan fingerprint density at radius 1 is 1.06 bits per heavy atom. The number of benzene rings is 1. The molecule has 0 fully saturated rings. The van der Waals surface area contributed by atoms with Gasteiger partial charge in [-0.05, 0) is 47.6 Å². The third-order valence-electron chi connectivity index (χ3n) is 4.39. The van der Waals surface area contributed by atoms with Crippen molar-refractivity contribution >= 4 is 45.3 Å². The molecule has 0 spiro atoms. The molecule has 0 saturated carbocycles. The van der Waals surface area contributed by atoms with Crippen LogP contribution in [-0.4, -0.2) is 45.2 Å². The molecule has 31 heavy (non-hydrogen) atoms. The molecule has 0 aliphatic carbocycles. The molecule has 0 saturated heterocycles. The molecule has 1 amide bonds. The summed E-state index contributed by atoms with van der Waals surface area (Å²) in [6, 6.07) is 5.50. The highest BCUT2D eigenvalue weighted by molar-refractivity contribution is 6.30. The lowest BCUT2D eigenvalue weighted by atomic mass is 10.1. The zero-order valence-corrected chi connectivity index (χ0v) is 19.7. The Hall–Kier alpha value is -2.80. The summed E-state index contributed by atoms with van der Waals surface area (Å²) in [6.07, 6.45) is 1.28. The van der Waals surface area contributed by atoms with E-state index in [0.717, 1.165) is 10.8 Å². The smallest absolute Gasteiger partial charge is 0.410 e. The average molecular weight is 446 g/mol. The number of nitrogens with zero attached hydrogens (tertiary/aromatic N) is 2. The van der Waals surface area contributed by atoms with E-state index in [1.807, 2.05) is 12.1 Å². The highest BCUT2D eigenvalue weighted by Crippen LogP contribution is 2.32. The Kier molecular flexibility index (Phi) is 5.93. The van der Waals surface area contributed by atoms with Gasteiger partial charge in [-0.15, -0.1) is 0 Å². The van der Waals surface area contributed by atoms with Crippen molar-refractivity contribution in [2.24, 2.45) is 0 Å². The van der Waals surface area contributed by atoms with Crippen molar-refractivity contribution in [3.05, 3.63) is 40.8 Å². The lowest BCUT2D eigenvalue weighted by molar-refractivity contribution is 0.00659. The van der Waals surface area contributed by atoms with E-state index in [0.29, 0.717) is 27.3 Å². The Labute approximate surface area is 186 Å². The first kappa shape index (κ1) is 22.9. The van der Waals surface area contributed by atoms with Gasteiger partial charge in [0.25, 0.3) is 0 Å². The van der Waals surface area contributed by atoms with Gasteiger partial charge in [0.2, 0.25) is 0 Å². The van der Waals surface area contributed by atoms with Gasteiger partial charge in [-0.3, -0.25) is 0 Å². The second kappa shape index (κ2) is 8.04. The van der Waals surface area contributed by atoms with Gasteiger partial charge in [0.15, 0.2) is 0 Å². The zero-order chi connectivity index (χ0) is 23.1. The van der Waals surface area contributed by atoms with Gasteiger partial charge in [0.05, 0.1) is 23.3 Å². The number of amides is 1. The van der Waals surface area contributed by atoms with Crippen LogP contribution in [0.2, 0.25) is 5.15 Å². The lowest BCUT2D eigenvalue weighted by Gasteiger charge is -2.24. The van der Waals surface area contributed by atoms with E-state index in [4.69, 9.17) is 26.1 Å². The summed E-state index contributed by atoms with van der Waals surface area (Å²) in [5.74, 6) is -0.490. The summed E-state index contributed by atoms with van der Waals surface area (Å²) in [5, 5.41) is 2.81. The second-order valence-corrected chi connectivity index (χ2v) is 9.92. The predicted molar refractivity (Wildman–Crippen MR) is 121 cm³/mol. The van der Waals surface area contributed by atoms with Crippen molar-refractivity contribution in [3.8, 4) is 0 Å². The Bertz CT molecular complexity index is 1160. The number of nitrogens with one attached hydrogen (secondary N) is 1. The molecule has 3 aromatic rings. The topological polar surface area (TPSA) is 84.5 Å². The van der Waals surface area contributed by atoms with Crippen LogP contribution in [0.1, 0.15) is 57.6 Å². The molecule has 7 nitrogen and oxygen atoms in total. The van der Waals surface area contributed by atoms with Crippen molar-refractivity contribution in [3.63, 3.8) is 0 Å². The standard InChI is InChI=1S/C23H28ClN3O4/c1-22(2,3)30-20(28)18-14-9-8-13-11-25-17(24)10-15(13)19(14)26-16(18)12-27(7)21(29)31-23(4,5)6/h8-11,25H,12H2,1-7H3. The van der Waals surface area contributed by atoms with E-state index in [2.05, 4.69) is 4.98 Å². The quantitative estimate of drug-likeness (QED) is 0.413. The van der Waals surface area contributed by atoms with E-state index in [-0.39, 0.29) is 6.54 Å². The largest absolute Gasteiger partial charge is 0.456 e. The van der Waals surface area contributed by atoms with Gasteiger partial charge < -0.3 is 19.4 Å². The minimum Gasteiger partial charge on any atom is -0.456 e. The van der Waals surface area contributed by atoms with E-state index < -0.39 is 23.3 Å². The number of aromatic nitrogens is 2. The van der Waals surface area contributed by atoms with Crippen molar-refractivity contribution in [1.29, 1.82) is 0 Å². The number of fused-ring (bicyclic) bond motifs is 3. The number of pyridine rings is 1. The maximum absolute atomic E-state index is 13.1. The first-order chi connectivity index (χ1) is 14.2. The predicted octanol–water partition coefficient (Wildman–Crippen LogP) is 5.69. The molecule has 1 N–H and O–H groups in total. The monoisotopic (exact) mass is 445 g/mol. The molecule has 1 aromatic carbocycles. The Balaban J connectivity index is 2.13. The number of H-pyrrole nitrogens is 1. The maximum Gasteiger partial charge on any atom is 0.410 e. The van der Waals surface area contributed by atoms with Crippen molar-refractivity contribution in [1.82, 2.24) is 14.9 Å². The average Bonchev–Trinajstić information content (AvgIpc) is 2.97. The number of aromatic amines is 1. The number of hydrogen-bond donors (Lipinski definition) is 1. The highest BCUT2D eigenvalue weighted by atomic mass is 35.5. The number of rotatable bonds is 3. The molecular weight excluding hydrogens is 418 g/mol. The van der Waals surface area contributed by atoms with E-state index in [1.54, 1.807) is 60.9 Å². The van der Waals surface area contributed by atoms with E-state index >= 15 is 0 Å². The molecule has 3 rings (SSSR count). The number of hydrogen-bond acceptors (Lipinski definition) is 5. The van der Waals surface area contributed by atoms with Gasteiger partial charge in [-0.2, -0.15) is 0 Å². The minimum absolute atomic E-state index is 0.0896. The van der Waals surface area contributed by atoms with Crippen molar-refractivity contribution in [2.45, 2.75) is 59.3 Å². The fourth-order valence-electron chi connectivity index (χ4n) is 3.19. The molecule has 0 atom stereocenters. The Morgan fingerprint density at radius 2 is 1.71 bits per heavy atom. The molecule has 0 aliphatic heterocycles. The minimum atomic E-state index is -0.676. The van der Waals surface area contributed by atoms with Gasteiger partial charge in [-0.1, -0.05) is 23.7 Å². The van der Waals surface area contributed by atoms with Crippen LogP contribution in [0.25, 0.3) is 21.7 Å². The molecular formula is C23H28ClN3O4. The summed E-state index contributed by atoms with van der Waals surface area (Å²) >= 11 is 6.16. The summed E-state index contributed by atoms with van der Waals surface area (Å²) in [7, 11) is 1.61. The summed E-state index contributed by atoms with van der Waals surface area (Å²) in [4.78, 5) is 34.7. The molecule has 2 aromatic heterocycles. The first-order valence-electron chi connectivity index (χ1n) is 10.0. The lowest BCUT2D eigenvalue weighted by Crippen LogP contribution is -2.34. The molecule has 8 heteroatoms. The SMILES string of the molecule is CN(Cc1nc2c(ccc3c[nH]c(Cl)cc32)c1C(=O)OC(C)(C)C)C(=O)OC(C)(C)C. The van der Waals surface area contributed by atoms with E-state index in [9.17, 15) is 9.59 Å². The fourth-order valence-corrected chi connectivity index (χ4v) is 3.35. The molecule has 0 bridgehead atoms. The number of esters is 1. The third-order valence-corrected chi connectivity index (χ3v) is 4.61. The van der Waals surface area contributed by atoms with Gasteiger partial charge in [0.1, 0.15) is 16.4 Å². The maximum atomic E-state index is 13.1. The van der Waals surface area contributed by atoms with Crippen LogP contribution in [0.15, 0.2) is 24.4 Å². The Morgan fingerprint density at radius 3 is 2.32 bits per heavy atom. The molecule has 0 radical (unpaired) electrons. The van der Waals surface area contributed by atoms with Crippen LogP contribution in [0.4, 0.5) is 4.79 Å². The number of ether oxygens (including phenoxy) is 2. The third kappa shape index (κ3) is 5.28. The van der Waals surface area contributed by atoms with Gasteiger partial charge >= 0.3 is 12.1 Å². The summed E-state index contributed by atoms with van der Waals surface area (Å²) < 4.78 is 11.1. The number of carbonyl (C=O) groups excluding carboxylic acids is 2. The van der Waals surface area contributed by atoms with Crippen molar-refractivity contribution < 1.29 is 19.1 Å². The summed E-state index contributed by atoms with van der Waals surface area (Å²) in [6.45, 7) is 10.9. The van der Waals surface area contributed by atoms with Crippen molar-refractivity contribution in [2.75, 3.05) is 7.05 Å². The second-order valence-electron chi connectivity index (χ2n) is 9.52. The molecule has 0 unspecified atom stereocenters. The van der Waals surface area contributed by atoms with Gasteiger partial charge in [-0.25, -0.2) is 14.6 Å². The van der Waals surface area contributed by atoms with Crippen LogP contribution < -0.4 is 0 Å². The van der Waals surface area contributed by atoms with Crippen LogP contribution in [-0.2, 0) is 16.0 Å². The van der Waals surface area contributed by atoms with Crippen LogP contribution in [0.5, 0.6) is 0 Å². The zero-order valence-electron chi connectivity index (χ0n) is 18.9. The van der Waals surface area contributed by atoms with Gasteiger partial charge in [0, 0.05) is 29.4 Å².